The summed E-state index contributed by atoms with van der Waals surface area (Å²) >= 11 is 0. The fraction of sp³-hybridized carbons (Fsp3) is 0.200. The fourth-order valence-corrected chi connectivity index (χ4v) is 1.28. The average Bonchev–Trinajstić information content (AvgIpc) is 2.68. The Labute approximate surface area is 81.8 Å². The molecule has 0 radical (unpaired) electrons. The Morgan fingerprint density at radius 3 is 2.71 bits per heavy atom. The van der Waals surface area contributed by atoms with Crippen LogP contribution >= 0.6 is 0 Å². The van der Waals surface area contributed by atoms with Gasteiger partial charge in [-0.05, 0) is 17.7 Å². The predicted molar refractivity (Wildman–Crippen MR) is 52.5 cm³/mol. The molecule has 4 heteroatoms. The van der Waals surface area contributed by atoms with E-state index in [1.807, 2.05) is 18.3 Å². The third-order valence-electron chi connectivity index (χ3n) is 1.98. The summed E-state index contributed by atoms with van der Waals surface area (Å²) in [5.74, 6) is 0. The normalized spacial score (nSPS) is 10.4. The summed E-state index contributed by atoms with van der Waals surface area (Å²) < 4.78 is 1.72. The number of nitrogens with zero attached hydrogens (tertiary/aromatic N) is 3. The molecule has 1 N–H and O–H groups in total. The first kappa shape index (κ1) is 8.90. The standard InChI is InChI=1S/C10H11N3O/c14-6-5-13-8-10(7-12-13)9-1-3-11-4-2-9/h1-4,7-8,14H,5-6H2. The lowest BCUT2D eigenvalue weighted by Crippen LogP contribution is -2.01. The van der Waals surface area contributed by atoms with Crippen molar-refractivity contribution in [2.24, 2.45) is 0 Å². The topological polar surface area (TPSA) is 50.9 Å². The van der Waals surface area contributed by atoms with Crippen LogP contribution in [0.15, 0.2) is 36.9 Å². The predicted octanol–water partition coefficient (Wildman–Crippen LogP) is 0.937. The van der Waals surface area contributed by atoms with E-state index in [2.05, 4.69) is 10.1 Å². The highest BCUT2D eigenvalue weighted by molar-refractivity contribution is 5.60. The van der Waals surface area contributed by atoms with E-state index >= 15 is 0 Å². The van der Waals surface area contributed by atoms with E-state index in [9.17, 15) is 0 Å². The van der Waals surface area contributed by atoms with Crippen molar-refractivity contribution >= 4 is 0 Å². The lowest BCUT2D eigenvalue weighted by molar-refractivity contribution is 0.269. The molecule has 0 aliphatic rings. The van der Waals surface area contributed by atoms with Gasteiger partial charge in [0.1, 0.15) is 0 Å². The summed E-state index contributed by atoms with van der Waals surface area (Å²) in [4.78, 5) is 3.95. The van der Waals surface area contributed by atoms with Gasteiger partial charge in [-0.15, -0.1) is 0 Å². The van der Waals surface area contributed by atoms with Crippen LogP contribution in [0.1, 0.15) is 0 Å². The molecule has 0 bridgehead atoms. The highest BCUT2D eigenvalue weighted by Crippen LogP contribution is 2.16. The molecule has 0 aliphatic heterocycles. The molecule has 0 spiro atoms. The minimum absolute atomic E-state index is 0.109. The maximum atomic E-state index is 8.73. The molecular weight excluding hydrogens is 178 g/mol. The van der Waals surface area contributed by atoms with Gasteiger partial charge >= 0.3 is 0 Å². The third-order valence-corrected chi connectivity index (χ3v) is 1.98. The first-order chi connectivity index (χ1) is 6.90. The van der Waals surface area contributed by atoms with Gasteiger partial charge in [-0.2, -0.15) is 5.10 Å². The van der Waals surface area contributed by atoms with Crippen LogP contribution in [0.3, 0.4) is 0 Å². The molecule has 0 aromatic carbocycles. The van der Waals surface area contributed by atoms with E-state index in [-0.39, 0.29) is 6.61 Å². The molecule has 2 aromatic heterocycles. The number of pyridine rings is 1. The summed E-state index contributed by atoms with van der Waals surface area (Å²) in [6, 6.07) is 3.86. The number of rotatable bonds is 3. The van der Waals surface area contributed by atoms with E-state index in [1.54, 1.807) is 23.3 Å². The summed E-state index contributed by atoms with van der Waals surface area (Å²) in [5, 5.41) is 12.8. The van der Waals surface area contributed by atoms with Crippen molar-refractivity contribution < 1.29 is 5.11 Å². The van der Waals surface area contributed by atoms with Crippen molar-refractivity contribution in [1.82, 2.24) is 14.8 Å². The number of aliphatic hydroxyl groups excluding tert-OH is 1. The highest BCUT2D eigenvalue weighted by atomic mass is 16.3. The average molecular weight is 189 g/mol. The molecule has 0 saturated heterocycles. The highest BCUT2D eigenvalue weighted by Gasteiger charge is 1.99. The molecule has 0 aliphatic carbocycles. The molecule has 2 heterocycles. The molecule has 4 nitrogen and oxygen atoms in total. The van der Waals surface area contributed by atoms with Crippen molar-refractivity contribution in [3.05, 3.63) is 36.9 Å². The zero-order valence-electron chi connectivity index (χ0n) is 7.67. The zero-order valence-corrected chi connectivity index (χ0v) is 7.67. The second-order valence-electron chi connectivity index (χ2n) is 2.95. The fourth-order valence-electron chi connectivity index (χ4n) is 1.28. The lowest BCUT2D eigenvalue weighted by atomic mass is 10.1. The van der Waals surface area contributed by atoms with E-state index in [0.29, 0.717) is 6.54 Å². The van der Waals surface area contributed by atoms with E-state index in [0.717, 1.165) is 11.1 Å². The van der Waals surface area contributed by atoms with Crippen molar-refractivity contribution in [3.63, 3.8) is 0 Å². The van der Waals surface area contributed by atoms with Gasteiger partial charge in [0.15, 0.2) is 0 Å². The Kier molecular flexibility index (Phi) is 2.55. The van der Waals surface area contributed by atoms with Gasteiger partial charge in [0, 0.05) is 24.2 Å². The maximum Gasteiger partial charge on any atom is 0.0641 e. The largest absolute Gasteiger partial charge is 0.394 e. The zero-order chi connectivity index (χ0) is 9.80. The molecule has 0 atom stereocenters. The van der Waals surface area contributed by atoms with Gasteiger partial charge in [0.2, 0.25) is 0 Å². The SMILES string of the molecule is OCCn1cc(-c2ccncc2)cn1. The summed E-state index contributed by atoms with van der Waals surface area (Å²) in [6.07, 6.45) is 7.19. The second kappa shape index (κ2) is 4.02. The molecule has 72 valence electrons. The van der Waals surface area contributed by atoms with Crippen LogP contribution in [0.5, 0.6) is 0 Å². The minimum atomic E-state index is 0.109. The van der Waals surface area contributed by atoms with Crippen molar-refractivity contribution in [1.29, 1.82) is 0 Å². The van der Waals surface area contributed by atoms with Crippen LogP contribution in [0.25, 0.3) is 11.1 Å². The quantitative estimate of drug-likeness (QED) is 0.781. The summed E-state index contributed by atoms with van der Waals surface area (Å²) in [5.41, 5.74) is 2.13. The van der Waals surface area contributed by atoms with Gasteiger partial charge < -0.3 is 5.11 Å². The molecule has 0 amide bonds. The Morgan fingerprint density at radius 1 is 1.21 bits per heavy atom. The number of aromatic nitrogens is 3. The summed E-state index contributed by atoms with van der Waals surface area (Å²) in [7, 11) is 0. The van der Waals surface area contributed by atoms with Crippen LogP contribution in [-0.4, -0.2) is 26.5 Å². The smallest absolute Gasteiger partial charge is 0.0641 e. The lowest BCUT2D eigenvalue weighted by Gasteiger charge is -1.95. The molecule has 2 rings (SSSR count). The van der Waals surface area contributed by atoms with Crippen LogP contribution < -0.4 is 0 Å². The van der Waals surface area contributed by atoms with E-state index in [1.165, 1.54) is 0 Å². The van der Waals surface area contributed by atoms with Crippen LogP contribution in [0, 0.1) is 0 Å². The minimum Gasteiger partial charge on any atom is -0.394 e. The molecule has 0 unspecified atom stereocenters. The molecular formula is C10H11N3O. The van der Waals surface area contributed by atoms with Gasteiger partial charge in [-0.25, -0.2) is 0 Å². The van der Waals surface area contributed by atoms with Gasteiger partial charge in [-0.3, -0.25) is 9.67 Å². The van der Waals surface area contributed by atoms with Gasteiger partial charge in [-0.1, -0.05) is 0 Å². The molecule has 14 heavy (non-hydrogen) atoms. The van der Waals surface area contributed by atoms with Crippen molar-refractivity contribution in [2.45, 2.75) is 6.54 Å². The Hall–Kier alpha value is -1.68. The molecule has 0 saturated carbocycles. The van der Waals surface area contributed by atoms with Crippen LogP contribution in [-0.2, 0) is 6.54 Å². The Morgan fingerprint density at radius 2 is 2.00 bits per heavy atom. The second-order valence-corrected chi connectivity index (χ2v) is 2.95. The number of aliphatic hydroxyl groups is 1. The maximum absolute atomic E-state index is 8.73. The van der Waals surface area contributed by atoms with Gasteiger partial charge in [0.25, 0.3) is 0 Å². The number of hydrogen-bond donors (Lipinski definition) is 1. The van der Waals surface area contributed by atoms with Crippen molar-refractivity contribution in [2.75, 3.05) is 6.61 Å². The Bertz CT molecular complexity index is 397. The first-order valence-electron chi connectivity index (χ1n) is 4.44. The number of hydrogen-bond acceptors (Lipinski definition) is 3. The van der Waals surface area contributed by atoms with Crippen molar-refractivity contribution in [3.8, 4) is 11.1 Å². The first-order valence-corrected chi connectivity index (χ1v) is 4.44. The van der Waals surface area contributed by atoms with E-state index < -0.39 is 0 Å². The summed E-state index contributed by atoms with van der Waals surface area (Å²) in [6.45, 7) is 0.641. The molecule has 0 fully saturated rings. The Balaban J connectivity index is 2.25. The molecule has 2 aromatic rings. The van der Waals surface area contributed by atoms with Gasteiger partial charge in [0.05, 0.1) is 19.3 Å². The van der Waals surface area contributed by atoms with Crippen LogP contribution in [0.2, 0.25) is 0 Å². The monoisotopic (exact) mass is 189 g/mol. The van der Waals surface area contributed by atoms with E-state index in [4.69, 9.17) is 5.11 Å². The third kappa shape index (κ3) is 1.80. The van der Waals surface area contributed by atoms with Crippen LogP contribution in [0.4, 0.5) is 0 Å².